The van der Waals surface area contributed by atoms with Gasteiger partial charge in [0.2, 0.25) is 0 Å². The van der Waals surface area contributed by atoms with E-state index in [9.17, 15) is 0 Å². The summed E-state index contributed by atoms with van der Waals surface area (Å²) in [6, 6.07) is 7.98. The highest BCUT2D eigenvalue weighted by Gasteiger charge is 2.09. The van der Waals surface area contributed by atoms with Crippen molar-refractivity contribution in [3.8, 4) is 0 Å². The molecule has 23 heavy (non-hydrogen) atoms. The van der Waals surface area contributed by atoms with Gasteiger partial charge in [-0.3, -0.25) is 9.89 Å². The Hall–Kier alpha value is -1.30. The summed E-state index contributed by atoms with van der Waals surface area (Å²) < 4.78 is 5.36. The molecule has 1 aromatic rings. The van der Waals surface area contributed by atoms with Gasteiger partial charge in [-0.05, 0) is 31.0 Å². The maximum absolute atomic E-state index is 5.90. The van der Waals surface area contributed by atoms with Gasteiger partial charge in [0.1, 0.15) is 0 Å². The van der Waals surface area contributed by atoms with Crippen molar-refractivity contribution in [3.63, 3.8) is 0 Å². The lowest BCUT2D eigenvalue weighted by atomic mass is 10.1. The van der Waals surface area contributed by atoms with Gasteiger partial charge < -0.3 is 15.4 Å². The number of aliphatic imine (C=N–C) groups is 1. The topological polar surface area (TPSA) is 48.9 Å². The van der Waals surface area contributed by atoms with E-state index < -0.39 is 0 Å². The Kier molecular flexibility index (Phi) is 8.21. The van der Waals surface area contributed by atoms with E-state index in [1.165, 1.54) is 5.56 Å². The van der Waals surface area contributed by atoms with Crippen LogP contribution in [0.5, 0.6) is 0 Å². The Balaban J connectivity index is 1.71. The van der Waals surface area contributed by atoms with Crippen LogP contribution in [0.3, 0.4) is 0 Å². The maximum atomic E-state index is 5.90. The third-order valence-corrected chi connectivity index (χ3v) is 4.01. The fourth-order valence-corrected chi connectivity index (χ4v) is 2.57. The number of nitrogens with zero attached hydrogens (tertiary/aromatic N) is 2. The summed E-state index contributed by atoms with van der Waals surface area (Å²) in [6.45, 7) is 9.28. The normalized spacial score (nSPS) is 16.3. The molecular formula is C17H27ClN4O. The van der Waals surface area contributed by atoms with Crippen molar-refractivity contribution < 1.29 is 4.74 Å². The summed E-state index contributed by atoms with van der Waals surface area (Å²) in [5.74, 6) is 0.884. The number of nitrogens with one attached hydrogen (secondary N) is 2. The predicted octanol–water partition coefficient (Wildman–Crippen LogP) is 1.77. The maximum Gasteiger partial charge on any atom is 0.191 e. The Bertz CT molecular complexity index is 472. The lowest BCUT2D eigenvalue weighted by Gasteiger charge is -2.25. The van der Waals surface area contributed by atoms with Gasteiger partial charge in [0.15, 0.2) is 5.96 Å². The summed E-state index contributed by atoms with van der Waals surface area (Å²) in [4.78, 5) is 7.04. The van der Waals surface area contributed by atoms with Crippen molar-refractivity contribution in [3.05, 3.63) is 34.9 Å². The fourth-order valence-electron chi connectivity index (χ4n) is 2.45. The zero-order valence-electron chi connectivity index (χ0n) is 13.9. The molecule has 0 spiro atoms. The van der Waals surface area contributed by atoms with Crippen LogP contribution in [0.25, 0.3) is 0 Å². The Labute approximate surface area is 144 Å². The number of rotatable bonds is 7. The van der Waals surface area contributed by atoms with Gasteiger partial charge in [0, 0.05) is 37.7 Å². The van der Waals surface area contributed by atoms with Gasteiger partial charge in [-0.25, -0.2) is 0 Å². The second kappa shape index (κ2) is 10.5. The third-order valence-electron chi connectivity index (χ3n) is 3.75. The highest BCUT2D eigenvalue weighted by molar-refractivity contribution is 6.30. The molecule has 2 rings (SSSR count). The number of hydrogen-bond donors (Lipinski definition) is 2. The number of halogens is 1. The molecule has 0 saturated carbocycles. The SMILES string of the molecule is CCNC(=NCCN1CCOCC1)NCCc1ccc(Cl)cc1. The van der Waals surface area contributed by atoms with E-state index in [0.717, 1.165) is 69.9 Å². The fraction of sp³-hybridized carbons (Fsp3) is 0.588. The number of benzene rings is 1. The molecule has 1 fully saturated rings. The van der Waals surface area contributed by atoms with Crippen molar-refractivity contribution >= 4 is 17.6 Å². The first-order valence-electron chi connectivity index (χ1n) is 8.34. The van der Waals surface area contributed by atoms with Crippen LogP contribution in [-0.4, -0.2) is 63.3 Å². The first kappa shape index (κ1) is 18.0. The van der Waals surface area contributed by atoms with Crippen LogP contribution in [0.15, 0.2) is 29.3 Å². The van der Waals surface area contributed by atoms with Crippen molar-refractivity contribution in [2.45, 2.75) is 13.3 Å². The van der Waals surface area contributed by atoms with Gasteiger partial charge in [-0.2, -0.15) is 0 Å². The number of ether oxygens (including phenoxy) is 1. The highest BCUT2D eigenvalue weighted by Crippen LogP contribution is 2.09. The van der Waals surface area contributed by atoms with Crippen LogP contribution >= 0.6 is 11.6 Å². The first-order valence-corrected chi connectivity index (χ1v) is 8.72. The van der Waals surface area contributed by atoms with E-state index in [4.69, 9.17) is 16.3 Å². The summed E-state index contributed by atoms with van der Waals surface area (Å²) in [7, 11) is 0. The molecule has 1 saturated heterocycles. The van der Waals surface area contributed by atoms with Gasteiger partial charge in [0.05, 0.1) is 19.8 Å². The third kappa shape index (κ3) is 7.20. The zero-order valence-corrected chi connectivity index (χ0v) is 14.6. The minimum absolute atomic E-state index is 0.778. The number of morpholine rings is 1. The quantitative estimate of drug-likeness (QED) is 0.587. The van der Waals surface area contributed by atoms with Gasteiger partial charge in [0.25, 0.3) is 0 Å². The van der Waals surface area contributed by atoms with E-state index in [0.29, 0.717) is 0 Å². The molecule has 0 radical (unpaired) electrons. The van der Waals surface area contributed by atoms with Crippen molar-refractivity contribution in [1.29, 1.82) is 0 Å². The van der Waals surface area contributed by atoms with E-state index in [1.54, 1.807) is 0 Å². The summed E-state index contributed by atoms with van der Waals surface area (Å²) >= 11 is 5.90. The highest BCUT2D eigenvalue weighted by atomic mass is 35.5. The second-order valence-corrected chi connectivity index (χ2v) is 5.95. The van der Waals surface area contributed by atoms with Gasteiger partial charge >= 0.3 is 0 Å². The van der Waals surface area contributed by atoms with Gasteiger partial charge in [-0.15, -0.1) is 0 Å². The molecule has 0 aromatic heterocycles. The van der Waals surface area contributed by atoms with Crippen LogP contribution in [-0.2, 0) is 11.2 Å². The molecule has 0 unspecified atom stereocenters. The molecule has 6 heteroatoms. The van der Waals surface area contributed by atoms with Crippen LogP contribution in [0.1, 0.15) is 12.5 Å². The van der Waals surface area contributed by atoms with Crippen LogP contribution in [0.2, 0.25) is 5.02 Å². The molecule has 0 amide bonds. The average molecular weight is 339 g/mol. The van der Waals surface area contributed by atoms with E-state index >= 15 is 0 Å². The lowest BCUT2D eigenvalue weighted by molar-refractivity contribution is 0.0394. The molecule has 0 bridgehead atoms. The molecule has 1 aromatic carbocycles. The number of guanidine groups is 1. The molecule has 128 valence electrons. The van der Waals surface area contributed by atoms with Crippen LogP contribution in [0.4, 0.5) is 0 Å². The first-order chi connectivity index (χ1) is 11.3. The predicted molar refractivity (Wildman–Crippen MR) is 96.4 cm³/mol. The minimum Gasteiger partial charge on any atom is -0.379 e. The number of hydrogen-bond acceptors (Lipinski definition) is 3. The van der Waals surface area contributed by atoms with Crippen LogP contribution in [0, 0.1) is 0 Å². The molecule has 1 aliphatic heterocycles. The van der Waals surface area contributed by atoms with Crippen molar-refractivity contribution in [2.75, 3.05) is 52.5 Å². The Morgan fingerprint density at radius 3 is 2.65 bits per heavy atom. The van der Waals surface area contributed by atoms with E-state index in [-0.39, 0.29) is 0 Å². The molecule has 2 N–H and O–H groups in total. The summed E-state index contributed by atoms with van der Waals surface area (Å²) in [5.41, 5.74) is 1.27. The minimum atomic E-state index is 0.778. The van der Waals surface area contributed by atoms with Crippen molar-refractivity contribution in [2.24, 2.45) is 4.99 Å². The van der Waals surface area contributed by atoms with Crippen molar-refractivity contribution in [1.82, 2.24) is 15.5 Å². The van der Waals surface area contributed by atoms with E-state index in [1.807, 2.05) is 12.1 Å². The van der Waals surface area contributed by atoms with Gasteiger partial charge in [-0.1, -0.05) is 23.7 Å². The van der Waals surface area contributed by atoms with E-state index in [2.05, 4.69) is 39.6 Å². The summed E-state index contributed by atoms with van der Waals surface area (Å²) in [6.07, 6.45) is 0.949. The molecule has 1 heterocycles. The molecule has 1 aliphatic rings. The van der Waals surface area contributed by atoms with Crippen LogP contribution < -0.4 is 10.6 Å². The Morgan fingerprint density at radius 2 is 1.96 bits per heavy atom. The average Bonchev–Trinajstić information content (AvgIpc) is 2.58. The zero-order chi connectivity index (χ0) is 16.3. The molecular weight excluding hydrogens is 312 g/mol. The largest absolute Gasteiger partial charge is 0.379 e. The smallest absolute Gasteiger partial charge is 0.191 e. The summed E-state index contributed by atoms with van der Waals surface area (Å²) in [5, 5.41) is 7.45. The standard InChI is InChI=1S/C17H27ClN4O/c1-2-19-17(21-9-10-22-11-13-23-14-12-22)20-8-7-15-3-5-16(18)6-4-15/h3-6H,2,7-14H2,1H3,(H2,19,20,21). The molecule has 0 aliphatic carbocycles. The lowest BCUT2D eigenvalue weighted by Crippen LogP contribution is -2.40. The second-order valence-electron chi connectivity index (χ2n) is 5.52. The monoisotopic (exact) mass is 338 g/mol. The molecule has 0 atom stereocenters. The molecule has 5 nitrogen and oxygen atoms in total. The Morgan fingerprint density at radius 1 is 1.22 bits per heavy atom.